The fourth-order valence-corrected chi connectivity index (χ4v) is 2.57. The lowest BCUT2D eigenvalue weighted by molar-refractivity contribution is -0.145. The van der Waals surface area contributed by atoms with Gasteiger partial charge in [-0.25, -0.2) is 0 Å². The Morgan fingerprint density at radius 3 is 2.75 bits per heavy atom. The third-order valence-electron chi connectivity index (χ3n) is 3.72. The highest BCUT2D eigenvalue weighted by atomic mass is 16.5. The zero-order chi connectivity index (χ0) is 14.7. The number of nitrogens with zero attached hydrogens (tertiary/aromatic N) is 1. The van der Waals surface area contributed by atoms with Gasteiger partial charge in [0, 0.05) is 18.3 Å². The largest absolute Gasteiger partial charge is 0.399 e. The molecule has 0 aliphatic carbocycles. The van der Waals surface area contributed by atoms with Crippen molar-refractivity contribution in [2.24, 2.45) is 0 Å². The molecule has 4 heteroatoms. The molecule has 2 unspecified atom stereocenters. The van der Waals surface area contributed by atoms with Crippen LogP contribution in [0.4, 0.5) is 5.69 Å². The van der Waals surface area contributed by atoms with Crippen molar-refractivity contribution >= 4 is 11.6 Å². The molecule has 1 aromatic carbocycles. The van der Waals surface area contributed by atoms with E-state index in [4.69, 9.17) is 10.5 Å². The zero-order valence-electron chi connectivity index (χ0n) is 12.5. The second-order valence-corrected chi connectivity index (χ2v) is 5.82. The number of nitrogen functional groups attached to an aromatic ring is 1. The summed E-state index contributed by atoms with van der Waals surface area (Å²) in [5.41, 5.74) is 7.58. The molecule has 4 nitrogen and oxygen atoms in total. The molecule has 1 heterocycles. The summed E-state index contributed by atoms with van der Waals surface area (Å²) in [7, 11) is 0. The van der Waals surface area contributed by atoms with Crippen molar-refractivity contribution in [2.75, 3.05) is 5.73 Å². The summed E-state index contributed by atoms with van der Waals surface area (Å²) in [6, 6.07) is 7.83. The average Bonchev–Trinajstić information content (AvgIpc) is 2.82. The maximum absolute atomic E-state index is 12.6. The molecule has 1 aliphatic heterocycles. The first kappa shape index (κ1) is 14.9. The summed E-state index contributed by atoms with van der Waals surface area (Å²) in [4.78, 5) is 14.5. The molecule has 2 N–H and O–H groups in total. The van der Waals surface area contributed by atoms with E-state index >= 15 is 0 Å². The van der Waals surface area contributed by atoms with Crippen LogP contribution in [0.2, 0.25) is 0 Å². The number of carbonyl (C=O) groups excluding carboxylic acids is 1. The van der Waals surface area contributed by atoms with Crippen LogP contribution in [-0.2, 0) is 16.1 Å². The number of benzene rings is 1. The highest BCUT2D eigenvalue weighted by Crippen LogP contribution is 2.23. The van der Waals surface area contributed by atoms with Crippen molar-refractivity contribution in [2.45, 2.75) is 58.4 Å². The third-order valence-corrected chi connectivity index (χ3v) is 3.72. The molecule has 1 amide bonds. The molecule has 110 valence electrons. The number of rotatable bonds is 4. The number of carbonyl (C=O) groups is 1. The molecule has 1 aliphatic rings. The number of hydrogen-bond donors (Lipinski definition) is 1. The number of amides is 1. The zero-order valence-corrected chi connectivity index (χ0v) is 12.5. The first-order valence-electron chi connectivity index (χ1n) is 7.27. The molecule has 1 fully saturated rings. The Bertz CT molecular complexity index is 473. The summed E-state index contributed by atoms with van der Waals surface area (Å²) in [6.07, 6.45) is 1.68. The normalized spacial score (nSPS) is 22.2. The maximum Gasteiger partial charge on any atom is 0.252 e. The summed E-state index contributed by atoms with van der Waals surface area (Å²) < 4.78 is 5.70. The number of nitrogens with two attached hydrogens (primary N) is 1. The summed E-state index contributed by atoms with van der Waals surface area (Å²) in [6.45, 7) is 6.66. The molecular weight excluding hydrogens is 252 g/mol. The van der Waals surface area contributed by atoms with E-state index in [0.717, 1.165) is 24.1 Å². The van der Waals surface area contributed by atoms with Crippen LogP contribution in [0.25, 0.3) is 0 Å². The van der Waals surface area contributed by atoms with Crippen LogP contribution in [-0.4, -0.2) is 29.1 Å². The van der Waals surface area contributed by atoms with E-state index in [2.05, 4.69) is 0 Å². The van der Waals surface area contributed by atoms with Gasteiger partial charge < -0.3 is 15.4 Å². The molecule has 2 atom stereocenters. The predicted molar refractivity (Wildman–Crippen MR) is 80.1 cm³/mol. The van der Waals surface area contributed by atoms with Crippen LogP contribution in [0.1, 0.15) is 39.2 Å². The summed E-state index contributed by atoms with van der Waals surface area (Å²) >= 11 is 0. The van der Waals surface area contributed by atoms with Gasteiger partial charge >= 0.3 is 0 Å². The van der Waals surface area contributed by atoms with Gasteiger partial charge in [-0.3, -0.25) is 4.79 Å². The highest BCUT2D eigenvalue weighted by Gasteiger charge is 2.32. The minimum atomic E-state index is -0.284. The topological polar surface area (TPSA) is 55.6 Å². The number of hydrogen-bond acceptors (Lipinski definition) is 3. The molecule has 1 saturated heterocycles. The van der Waals surface area contributed by atoms with E-state index in [0.29, 0.717) is 6.54 Å². The Hall–Kier alpha value is -1.55. The Labute approximate surface area is 120 Å². The second-order valence-electron chi connectivity index (χ2n) is 5.82. The molecule has 20 heavy (non-hydrogen) atoms. The molecule has 0 aromatic heterocycles. The quantitative estimate of drug-likeness (QED) is 0.860. The van der Waals surface area contributed by atoms with Crippen molar-refractivity contribution in [3.63, 3.8) is 0 Å². The van der Waals surface area contributed by atoms with Crippen LogP contribution in [0.3, 0.4) is 0 Å². The van der Waals surface area contributed by atoms with Gasteiger partial charge in [-0.2, -0.15) is 0 Å². The molecule has 0 radical (unpaired) electrons. The van der Waals surface area contributed by atoms with Crippen molar-refractivity contribution in [1.29, 1.82) is 0 Å². The fraction of sp³-hybridized carbons (Fsp3) is 0.562. The van der Waals surface area contributed by atoms with E-state index in [-0.39, 0.29) is 24.2 Å². The van der Waals surface area contributed by atoms with Gasteiger partial charge in [-0.15, -0.1) is 0 Å². The molecule has 1 aromatic rings. The minimum absolute atomic E-state index is 0.0896. The van der Waals surface area contributed by atoms with Crippen molar-refractivity contribution in [3.8, 4) is 0 Å². The van der Waals surface area contributed by atoms with Crippen molar-refractivity contribution in [3.05, 3.63) is 29.8 Å². The SMILES string of the molecule is CC1CCC(C(=O)N(Cc2cccc(N)c2)C(C)C)O1. The molecule has 0 spiro atoms. The van der Waals surface area contributed by atoms with Gasteiger partial charge in [0.25, 0.3) is 5.91 Å². The standard InChI is InChI=1S/C16H24N2O2/c1-11(2)18(10-13-5-4-6-14(17)9-13)16(19)15-8-7-12(3)20-15/h4-6,9,11-12,15H,7-8,10,17H2,1-3H3. The maximum atomic E-state index is 12.6. The second kappa shape index (κ2) is 6.27. The monoisotopic (exact) mass is 276 g/mol. The first-order chi connectivity index (χ1) is 9.47. The van der Waals surface area contributed by atoms with Gasteiger partial charge in [0.05, 0.1) is 6.10 Å². The molecule has 2 rings (SSSR count). The predicted octanol–water partition coefficient (Wildman–Crippen LogP) is 2.57. The smallest absolute Gasteiger partial charge is 0.252 e. The fourth-order valence-electron chi connectivity index (χ4n) is 2.57. The van der Waals surface area contributed by atoms with Gasteiger partial charge in [0.1, 0.15) is 6.10 Å². The Balaban J connectivity index is 2.09. The van der Waals surface area contributed by atoms with Crippen molar-refractivity contribution < 1.29 is 9.53 Å². The van der Waals surface area contributed by atoms with Crippen LogP contribution >= 0.6 is 0 Å². The van der Waals surface area contributed by atoms with Gasteiger partial charge in [-0.05, 0) is 51.3 Å². The van der Waals surface area contributed by atoms with Crippen LogP contribution in [0.5, 0.6) is 0 Å². The Morgan fingerprint density at radius 1 is 1.45 bits per heavy atom. The average molecular weight is 276 g/mol. The lowest BCUT2D eigenvalue weighted by Crippen LogP contribution is -2.42. The lowest BCUT2D eigenvalue weighted by Gasteiger charge is -2.29. The lowest BCUT2D eigenvalue weighted by atomic mass is 10.1. The highest BCUT2D eigenvalue weighted by molar-refractivity contribution is 5.81. The molecule has 0 saturated carbocycles. The summed E-state index contributed by atoms with van der Waals surface area (Å²) in [5.74, 6) is 0.0896. The van der Waals surface area contributed by atoms with E-state index in [1.165, 1.54) is 0 Å². The molecule has 0 bridgehead atoms. The number of ether oxygens (including phenoxy) is 1. The Morgan fingerprint density at radius 2 is 2.20 bits per heavy atom. The Kier molecular flexibility index (Phi) is 4.65. The van der Waals surface area contributed by atoms with Crippen LogP contribution in [0.15, 0.2) is 24.3 Å². The first-order valence-corrected chi connectivity index (χ1v) is 7.27. The van der Waals surface area contributed by atoms with Crippen molar-refractivity contribution in [1.82, 2.24) is 4.90 Å². The van der Waals surface area contributed by atoms with E-state index < -0.39 is 0 Å². The third kappa shape index (κ3) is 3.51. The van der Waals surface area contributed by atoms with E-state index in [1.807, 2.05) is 49.9 Å². The van der Waals surface area contributed by atoms with Gasteiger partial charge in [0.15, 0.2) is 0 Å². The van der Waals surface area contributed by atoms with Crippen LogP contribution in [0, 0.1) is 0 Å². The summed E-state index contributed by atoms with van der Waals surface area (Å²) in [5, 5.41) is 0. The van der Waals surface area contributed by atoms with Gasteiger partial charge in [0.2, 0.25) is 0 Å². The van der Waals surface area contributed by atoms with E-state index in [9.17, 15) is 4.79 Å². The number of anilines is 1. The van der Waals surface area contributed by atoms with Crippen LogP contribution < -0.4 is 5.73 Å². The minimum Gasteiger partial charge on any atom is -0.399 e. The van der Waals surface area contributed by atoms with E-state index in [1.54, 1.807) is 0 Å². The molecular formula is C16H24N2O2. The van der Waals surface area contributed by atoms with Gasteiger partial charge in [-0.1, -0.05) is 12.1 Å².